The molecule has 1 aliphatic heterocycles. The molecule has 3 heterocycles. The fourth-order valence-corrected chi connectivity index (χ4v) is 4.21. The number of fused-ring (bicyclic) bond motifs is 1. The summed E-state index contributed by atoms with van der Waals surface area (Å²) < 4.78 is 2.35. The van der Waals surface area contributed by atoms with Gasteiger partial charge in [0.1, 0.15) is 4.60 Å². The van der Waals surface area contributed by atoms with Crippen LogP contribution < -0.4 is 0 Å². The summed E-state index contributed by atoms with van der Waals surface area (Å²) >= 11 is 9.35. The number of rotatable bonds is 4. The highest BCUT2D eigenvalue weighted by Crippen LogP contribution is 2.29. The molecule has 1 fully saturated rings. The number of aldehydes is 1. The van der Waals surface area contributed by atoms with E-state index in [1.54, 1.807) is 6.20 Å². The van der Waals surface area contributed by atoms with Gasteiger partial charge >= 0.3 is 0 Å². The van der Waals surface area contributed by atoms with Crippen LogP contribution in [0.15, 0.2) is 41.1 Å². The number of benzene rings is 1. The molecule has 3 aromatic rings. The quantitative estimate of drug-likeness (QED) is 0.574. The van der Waals surface area contributed by atoms with Crippen LogP contribution in [0.1, 0.15) is 40.4 Å². The van der Waals surface area contributed by atoms with Gasteiger partial charge in [-0.1, -0.05) is 23.7 Å². The number of nitrogens with zero attached hydrogens (tertiary/aromatic N) is 4. The zero-order valence-corrected chi connectivity index (χ0v) is 16.4. The Balaban J connectivity index is 1.59. The molecule has 1 saturated heterocycles. The third kappa shape index (κ3) is 3.41. The van der Waals surface area contributed by atoms with Gasteiger partial charge in [0.05, 0.1) is 11.3 Å². The average Bonchev–Trinajstić information content (AvgIpc) is 2.99. The molecule has 2 aromatic heterocycles. The predicted molar refractivity (Wildman–Crippen MR) is 105 cm³/mol. The lowest BCUT2D eigenvalue weighted by Gasteiger charge is -2.33. The Hall–Kier alpha value is -1.76. The maximum Gasteiger partial charge on any atom is 0.167 e. The Morgan fingerprint density at radius 2 is 2.08 bits per heavy atom. The minimum Gasteiger partial charge on any atom is -0.298 e. The summed E-state index contributed by atoms with van der Waals surface area (Å²) in [5, 5.41) is 5.25. The molecule has 4 rings (SSSR count). The topological polar surface area (TPSA) is 50.5 Å². The molecule has 1 atom stereocenters. The molecule has 7 heteroatoms. The van der Waals surface area contributed by atoms with Crippen molar-refractivity contribution in [2.45, 2.75) is 25.3 Å². The zero-order chi connectivity index (χ0) is 18.1. The second-order valence-corrected chi connectivity index (χ2v) is 7.82. The lowest BCUT2D eigenvalue weighted by Crippen LogP contribution is -2.34. The summed E-state index contributed by atoms with van der Waals surface area (Å²) in [5.41, 5.74) is 3.48. The van der Waals surface area contributed by atoms with Gasteiger partial charge in [0.15, 0.2) is 11.9 Å². The van der Waals surface area contributed by atoms with Crippen LogP contribution in [0.25, 0.3) is 5.65 Å². The van der Waals surface area contributed by atoms with E-state index in [0.29, 0.717) is 21.7 Å². The predicted octanol–water partition coefficient (Wildman–Crippen LogP) is 4.34. The second kappa shape index (κ2) is 7.47. The zero-order valence-electron chi connectivity index (χ0n) is 14.1. The molecule has 134 valence electrons. The van der Waals surface area contributed by atoms with Crippen LogP contribution in [-0.2, 0) is 6.54 Å². The van der Waals surface area contributed by atoms with Crippen LogP contribution in [0.4, 0.5) is 0 Å². The van der Waals surface area contributed by atoms with E-state index in [1.165, 1.54) is 5.56 Å². The van der Waals surface area contributed by atoms with Crippen molar-refractivity contribution in [3.63, 3.8) is 0 Å². The number of halogens is 2. The molecule has 0 amide bonds. The first-order chi connectivity index (χ1) is 12.7. The number of likely N-dealkylation sites (tertiary alicyclic amines) is 1. The third-order valence-electron chi connectivity index (χ3n) is 4.90. The van der Waals surface area contributed by atoms with Gasteiger partial charge in [-0.3, -0.25) is 9.69 Å². The SMILES string of the molecule is O=Cc1c(Br)nn2c(C3CCCN(Cc4ccc(Cl)cc4)C3)ccnc12. The van der Waals surface area contributed by atoms with Crippen molar-refractivity contribution in [2.24, 2.45) is 0 Å². The first-order valence-corrected chi connectivity index (χ1v) is 9.78. The van der Waals surface area contributed by atoms with E-state index in [0.717, 1.165) is 49.5 Å². The summed E-state index contributed by atoms with van der Waals surface area (Å²) in [6.07, 6.45) is 4.80. The van der Waals surface area contributed by atoms with Crippen molar-refractivity contribution in [3.05, 3.63) is 63.0 Å². The number of carbonyl (C=O) groups excluding carboxylic acids is 1. The highest BCUT2D eigenvalue weighted by molar-refractivity contribution is 9.10. The highest BCUT2D eigenvalue weighted by Gasteiger charge is 2.25. The van der Waals surface area contributed by atoms with Crippen LogP contribution >= 0.6 is 27.5 Å². The standard InChI is InChI=1S/C19H18BrClN4O/c20-18-16(12-26)19-22-8-7-17(25(19)23-18)14-2-1-9-24(11-14)10-13-3-5-15(21)6-4-13/h3-8,12,14H,1-2,9-11H2. The molecule has 0 saturated carbocycles. The number of hydrogen-bond donors (Lipinski definition) is 0. The van der Waals surface area contributed by atoms with Crippen molar-refractivity contribution < 1.29 is 4.79 Å². The second-order valence-electron chi connectivity index (χ2n) is 6.63. The first-order valence-electron chi connectivity index (χ1n) is 8.61. The summed E-state index contributed by atoms with van der Waals surface area (Å²) in [7, 11) is 0. The summed E-state index contributed by atoms with van der Waals surface area (Å²) in [5.74, 6) is 0.354. The molecule has 0 bridgehead atoms. The van der Waals surface area contributed by atoms with E-state index in [2.05, 4.69) is 43.0 Å². The lowest BCUT2D eigenvalue weighted by atomic mass is 9.94. The molecule has 1 aromatic carbocycles. The Morgan fingerprint density at radius 1 is 1.27 bits per heavy atom. The van der Waals surface area contributed by atoms with Crippen molar-refractivity contribution in [1.29, 1.82) is 0 Å². The Bertz CT molecular complexity index is 941. The van der Waals surface area contributed by atoms with Gasteiger partial charge in [0.2, 0.25) is 0 Å². The van der Waals surface area contributed by atoms with Gasteiger partial charge in [-0.2, -0.15) is 5.10 Å². The normalized spacial score (nSPS) is 18.3. The molecule has 0 N–H and O–H groups in total. The smallest absolute Gasteiger partial charge is 0.167 e. The molecule has 5 nitrogen and oxygen atoms in total. The lowest BCUT2D eigenvalue weighted by molar-refractivity contribution is 0.112. The minimum absolute atomic E-state index is 0.354. The number of carbonyl (C=O) groups is 1. The monoisotopic (exact) mass is 432 g/mol. The number of aromatic nitrogens is 3. The van der Waals surface area contributed by atoms with Gasteiger partial charge in [-0.15, -0.1) is 0 Å². The average molecular weight is 434 g/mol. The van der Waals surface area contributed by atoms with E-state index >= 15 is 0 Å². The Morgan fingerprint density at radius 3 is 2.85 bits per heavy atom. The van der Waals surface area contributed by atoms with E-state index in [4.69, 9.17) is 11.6 Å². The van der Waals surface area contributed by atoms with Crippen molar-refractivity contribution in [3.8, 4) is 0 Å². The van der Waals surface area contributed by atoms with Crippen LogP contribution in [0.2, 0.25) is 5.02 Å². The highest BCUT2D eigenvalue weighted by atomic mass is 79.9. The van der Waals surface area contributed by atoms with Crippen LogP contribution in [0, 0.1) is 0 Å². The molecule has 1 unspecified atom stereocenters. The summed E-state index contributed by atoms with van der Waals surface area (Å²) in [6.45, 7) is 2.94. The van der Waals surface area contributed by atoms with Crippen molar-refractivity contribution in [1.82, 2.24) is 19.5 Å². The van der Waals surface area contributed by atoms with E-state index in [9.17, 15) is 4.79 Å². The van der Waals surface area contributed by atoms with Crippen LogP contribution in [0.3, 0.4) is 0 Å². The van der Waals surface area contributed by atoms with E-state index in [-0.39, 0.29) is 0 Å². The maximum absolute atomic E-state index is 11.3. The van der Waals surface area contributed by atoms with E-state index in [1.807, 2.05) is 22.7 Å². The largest absolute Gasteiger partial charge is 0.298 e. The van der Waals surface area contributed by atoms with Gasteiger partial charge in [0, 0.05) is 30.2 Å². The summed E-state index contributed by atoms with van der Waals surface area (Å²) in [4.78, 5) is 18.1. The van der Waals surface area contributed by atoms with Crippen molar-refractivity contribution in [2.75, 3.05) is 13.1 Å². The Labute approximate surface area is 165 Å². The molecule has 0 aliphatic carbocycles. The van der Waals surface area contributed by atoms with Crippen molar-refractivity contribution >= 4 is 39.5 Å². The fraction of sp³-hybridized carbons (Fsp3) is 0.316. The summed E-state index contributed by atoms with van der Waals surface area (Å²) in [6, 6.07) is 10.0. The molecular weight excluding hydrogens is 416 g/mol. The number of hydrogen-bond acceptors (Lipinski definition) is 4. The van der Waals surface area contributed by atoms with Gasteiger partial charge < -0.3 is 0 Å². The molecule has 1 aliphatic rings. The number of piperidine rings is 1. The molecular formula is C19H18BrClN4O. The van der Waals surface area contributed by atoms with E-state index < -0.39 is 0 Å². The molecule has 26 heavy (non-hydrogen) atoms. The first kappa shape index (κ1) is 17.6. The molecule has 0 radical (unpaired) electrons. The van der Waals surface area contributed by atoms with Gasteiger partial charge in [0.25, 0.3) is 0 Å². The maximum atomic E-state index is 11.3. The third-order valence-corrected chi connectivity index (χ3v) is 5.74. The van der Waals surface area contributed by atoms with Gasteiger partial charge in [-0.05, 0) is 59.1 Å². The van der Waals surface area contributed by atoms with Crippen LogP contribution in [0.5, 0.6) is 0 Å². The fourth-order valence-electron chi connectivity index (χ4n) is 3.65. The Kier molecular flexibility index (Phi) is 5.07. The van der Waals surface area contributed by atoms with Crippen LogP contribution in [-0.4, -0.2) is 38.9 Å². The van der Waals surface area contributed by atoms with Gasteiger partial charge in [-0.25, -0.2) is 9.50 Å². The molecule has 0 spiro atoms. The minimum atomic E-state index is 0.354.